The third-order valence-electron chi connectivity index (χ3n) is 7.19. The number of rotatable bonds is 0. The molecule has 0 fully saturated rings. The number of benzene rings is 6. The first kappa shape index (κ1) is 22.4. The van der Waals surface area contributed by atoms with Crippen LogP contribution in [0.2, 0.25) is 0 Å². The second kappa shape index (κ2) is 9.57. The molecular formula is C36H26O2. The number of ether oxygens (including phenoxy) is 2. The van der Waals surface area contributed by atoms with E-state index in [0.717, 1.165) is 55.7 Å². The summed E-state index contributed by atoms with van der Waals surface area (Å²) in [6, 6.07) is 42.5. The summed E-state index contributed by atoms with van der Waals surface area (Å²) in [7, 11) is 0. The highest BCUT2D eigenvalue weighted by atomic mass is 16.5. The van der Waals surface area contributed by atoms with Crippen molar-refractivity contribution in [3.8, 4) is 22.6 Å². The van der Waals surface area contributed by atoms with Gasteiger partial charge in [-0.25, -0.2) is 0 Å². The molecule has 0 spiro atoms. The van der Waals surface area contributed by atoms with Gasteiger partial charge in [0.15, 0.2) is 0 Å². The topological polar surface area (TPSA) is 18.5 Å². The summed E-state index contributed by atoms with van der Waals surface area (Å²) in [5.74, 6) is 1.69. The smallest absolute Gasteiger partial charge is 0.128 e. The summed E-state index contributed by atoms with van der Waals surface area (Å²) < 4.78 is 13.2. The zero-order valence-electron chi connectivity index (χ0n) is 20.9. The summed E-state index contributed by atoms with van der Waals surface area (Å²) in [6.45, 7) is 0.951. The Morgan fingerprint density at radius 3 is 1.39 bits per heavy atom. The second-order valence-corrected chi connectivity index (χ2v) is 9.72. The van der Waals surface area contributed by atoms with E-state index in [4.69, 9.17) is 9.47 Å². The lowest BCUT2D eigenvalue weighted by atomic mass is 9.92. The van der Waals surface area contributed by atoms with Gasteiger partial charge >= 0.3 is 0 Å². The van der Waals surface area contributed by atoms with Crippen molar-refractivity contribution in [1.29, 1.82) is 0 Å². The Bertz CT molecular complexity index is 1690. The van der Waals surface area contributed by atoms with E-state index in [1.807, 2.05) is 0 Å². The van der Waals surface area contributed by atoms with Crippen LogP contribution in [0.4, 0.5) is 0 Å². The first-order valence-corrected chi connectivity index (χ1v) is 13.0. The first-order chi connectivity index (χ1) is 18.8. The van der Waals surface area contributed by atoms with Crippen molar-refractivity contribution in [3.05, 3.63) is 144 Å². The van der Waals surface area contributed by atoms with Crippen molar-refractivity contribution in [1.82, 2.24) is 0 Å². The standard InChI is InChI=1S/C36H26O2/c1-3-13-31-29(11-1)17-19-33-35(31)36-32-14-4-2-12-30(32)18-20-34(36)38-24-28-10-6-8-26(22-28)16-15-25-7-5-9-27(21-25)23-37-33/h1-22H,23-24H2/b16-15-. The van der Waals surface area contributed by atoms with Gasteiger partial charge in [0.1, 0.15) is 24.7 Å². The van der Waals surface area contributed by atoms with Gasteiger partial charge in [-0.05, 0) is 68.1 Å². The van der Waals surface area contributed by atoms with Crippen molar-refractivity contribution >= 4 is 33.7 Å². The summed E-state index contributed by atoms with van der Waals surface area (Å²) in [6.07, 6.45) is 4.30. The maximum atomic E-state index is 6.60. The Morgan fingerprint density at radius 2 is 0.895 bits per heavy atom. The Kier molecular flexibility index (Phi) is 5.64. The van der Waals surface area contributed by atoms with Gasteiger partial charge in [0.05, 0.1) is 0 Å². The molecule has 1 aliphatic rings. The zero-order valence-corrected chi connectivity index (χ0v) is 20.9. The van der Waals surface area contributed by atoms with E-state index in [9.17, 15) is 0 Å². The van der Waals surface area contributed by atoms with Gasteiger partial charge in [-0.2, -0.15) is 0 Å². The Morgan fingerprint density at radius 1 is 0.421 bits per heavy atom. The van der Waals surface area contributed by atoms with Crippen LogP contribution in [0.1, 0.15) is 22.3 Å². The van der Waals surface area contributed by atoms with E-state index in [1.165, 1.54) is 10.8 Å². The summed E-state index contributed by atoms with van der Waals surface area (Å²) >= 11 is 0. The van der Waals surface area contributed by atoms with E-state index < -0.39 is 0 Å². The average molecular weight is 491 g/mol. The predicted octanol–water partition coefficient (Wildman–Crippen LogP) is 9.30. The SMILES string of the molecule is C1=C\c2cccc(c2)COc2ccc3ccccc3c2-c2c(ccc3ccccc23)OCc2cccc/1c2. The molecule has 0 atom stereocenters. The van der Waals surface area contributed by atoms with Gasteiger partial charge < -0.3 is 9.47 Å². The number of fused-ring (bicyclic) bond motifs is 11. The molecule has 7 rings (SSSR count). The minimum absolute atomic E-state index is 0.476. The van der Waals surface area contributed by atoms with Crippen LogP contribution in [0, 0.1) is 0 Å². The van der Waals surface area contributed by atoms with Crippen LogP contribution in [-0.2, 0) is 13.2 Å². The minimum atomic E-state index is 0.476. The van der Waals surface area contributed by atoms with Gasteiger partial charge in [-0.3, -0.25) is 0 Å². The molecular weight excluding hydrogens is 464 g/mol. The van der Waals surface area contributed by atoms with Gasteiger partial charge in [0.2, 0.25) is 0 Å². The highest BCUT2D eigenvalue weighted by molar-refractivity contribution is 6.09. The van der Waals surface area contributed by atoms with Gasteiger partial charge in [0.25, 0.3) is 0 Å². The molecule has 2 nitrogen and oxygen atoms in total. The van der Waals surface area contributed by atoms with E-state index in [2.05, 4.69) is 133 Å². The van der Waals surface area contributed by atoms with Crippen molar-refractivity contribution in [3.63, 3.8) is 0 Å². The highest BCUT2D eigenvalue weighted by Gasteiger charge is 2.19. The lowest BCUT2D eigenvalue weighted by molar-refractivity contribution is 0.303. The molecule has 0 radical (unpaired) electrons. The van der Waals surface area contributed by atoms with E-state index in [1.54, 1.807) is 0 Å². The molecule has 182 valence electrons. The summed E-state index contributed by atoms with van der Waals surface area (Å²) in [4.78, 5) is 0. The van der Waals surface area contributed by atoms with E-state index >= 15 is 0 Å². The van der Waals surface area contributed by atoms with Gasteiger partial charge in [0, 0.05) is 11.1 Å². The van der Waals surface area contributed by atoms with Crippen molar-refractivity contribution in [2.24, 2.45) is 0 Å². The molecule has 1 aliphatic heterocycles. The number of hydrogen-bond donors (Lipinski definition) is 0. The third kappa shape index (κ3) is 4.21. The lowest BCUT2D eigenvalue weighted by Gasteiger charge is -2.20. The van der Waals surface area contributed by atoms with Crippen LogP contribution in [0.25, 0.3) is 44.8 Å². The Balaban J connectivity index is 1.50. The Labute approximate surface area is 222 Å². The van der Waals surface area contributed by atoms with Crippen LogP contribution in [0.15, 0.2) is 121 Å². The van der Waals surface area contributed by atoms with Gasteiger partial charge in [-0.1, -0.05) is 109 Å². The van der Waals surface area contributed by atoms with Crippen molar-refractivity contribution in [2.75, 3.05) is 0 Å². The Hall–Kier alpha value is -4.82. The minimum Gasteiger partial charge on any atom is -0.488 e. The van der Waals surface area contributed by atoms with Gasteiger partial charge in [-0.15, -0.1) is 0 Å². The number of hydrogen-bond acceptors (Lipinski definition) is 2. The molecule has 2 heteroatoms. The lowest BCUT2D eigenvalue weighted by Crippen LogP contribution is -2.01. The normalized spacial score (nSPS) is 13.7. The summed E-state index contributed by atoms with van der Waals surface area (Å²) in [5, 5.41) is 4.63. The first-order valence-electron chi connectivity index (χ1n) is 13.0. The van der Waals surface area contributed by atoms with E-state index in [0.29, 0.717) is 13.2 Å². The average Bonchev–Trinajstić information content (AvgIpc) is 2.97. The molecule has 38 heavy (non-hydrogen) atoms. The predicted molar refractivity (Wildman–Crippen MR) is 157 cm³/mol. The maximum Gasteiger partial charge on any atom is 0.128 e. The van der Waals surface area contributed by atoms with Crippen LogP contribution >= 0.6 is 0 Å². The molecule has 0 aromatic heterocycles. The fourth-order valence-corrected chi connectivity index (χ4v) is 5.35. The molecule has 4 bridgehead atoms. The molecule has 0 aliphatic carbocycles. The molecule has 0 N–H and O–H groups in total. The zero-order chi connectivity index (χ0) is 25.3. The molecule has 6 aromatic rings. The fraction of sp³-hybridized carbons (Fsp3) is 0.0556. The molecule has 0 amide bonds. The van der Waals surface area contributed by atoms with E-state index in [-0.39, 0.29) is 0 Å². The van der Waals surface area contributed by atoms with Crippen molar-refractivity contribution < 1.29 is 9.47 Å². The summed E-state index contributed by atoms with van der Waals surface area (Å²) in [5.41, 5.74) is 6.67. The van der Waals surface area contributed by atoms with Crippen LogP contribution in [0.5, 0.6) is 11.5 Å². The largest absolute Gasteiger partial charge is 0.488 e. The van der Waals surface area contributed by atoms with Crippen LogP contribution in [-0.4, -0.2) is 0 Å². The fourth-order valence-electron chi connectivity index (χ4n) is 5.35. The van der Waals surface area contributed by atoms with Crippen LogP contribution in [0.3, 0.4) is 0 Å². The monoisotopic (exact) mass is 490 g/mol. The molecule has 0 saturated heterocycles. The molecule has 0 saturated carbocycles. The molecule has 1 heterocycles. The second-order valence-electron chi connectivity index (χ2n) is 9.72. The molecule has 6 aromatic carbocycles. The third-order valence-corrected chi connectivity index (χ3v) is 7.19. The van der Waals surface area contributed by atoms with Crippen molar-refractivity contribution in [2.45, 2.75) is 13.2 Å². The highest BCUT2D eigenvalue weighted by Crippen LogP contribution is 2.46. The van der Waals surface area contributed by atoms with Crippen LogP contribution < -0.4 is 9.47 Å². The molecule has 0 unspecified atom stereocenters. The quantitative estimate of drug-likeness (QED) is 0.211. The maximum absolute atomic E-state index is 6.60.